The van der Waals surface area contributed by atoms with E-state index >= 15 is 0 Å². The number of aromatic nitrogens is 2. The lowest BCUT2D eigenvalue weighted by molar-refractivity contribution is 0.445. The zero-order valence-electron chi connectivity index (χ0n) is 9.54. The smallest absolute Gasteiger partial charge is 0.160 e. The van der Waals surface area contributed by atoms with Crippen LogP contribution in [0.5, 0.6) is 5.75 Å². The summed E-state index contributed by atoms with van der Waals surface area (Å²) in [4.78, 5) is 0. The van der Waals surface area contributed by atoms with E-state index in [1.165, 1.54) is 0 Å². The van der Waals surface area contributed by atoms with Crippen LogP contribution in [-0.2, 0) is 19.4 Å². The van der Waals surface area contributed by atoms with E-state index in [1.807, 2.05) is 18.5 Å². The molecule has 1 heterocycles. The Hall–Kier alpha value is -0.990. The number of aromatic hydroxyl groups is 1. The van der Waals surface area contributed by atoms with Crippen molar-refractivity contribution in [1.29, 1.82) is 0 Å². The summed E-state index contributed by atoms with van der Waals surface area (Å²) in [6, 6.07) is 0. The van der Waals surface area contributed by atoms with E-state index in [0.29, 0.717) is 11.7 Å². The summed E-state index contributed by atoms with van der Waals surface area (Å²) < 4.78 is 1.94. The molecule has 0 radical (unpaired) electrons. The Balaban J connectivity index is 3.02. The lowest BCUT2D eigenvalue weighted by Crippen LogP contribution is -2.09. The van der Waals surface area contributed by atoms with Gasteiger partial charge in [0.05, 0.1) is 5.69 Å². The van der Waals surface area contributed by atoms with Crippen molar-refractivity contribution in [2.75, 3.05) is 0 Å². The highest BCUT2D eigenvalue weighted by Crippen LogP contribution is 2.23. The first kappa shape index (κ1) is 11.1. The monoisotopic (exact) mass is 196 g/mol. The molecule has 0 bridgehead atoms. The molecule has 14 heavy (non-hydrogen) atoms. The number of nitrogens with zero attached hydrogens (tertiary/aromatic N) is 2. The van der Waals surface area contributed by atoms with Crippen LogP contribution < -0.4 is 0 Å². The maximum absolute atomic E-state index is 9.84. The van der Waals surface area contributed by atoms with Crippen molar-refractivity contribution in [1.82, 2.24) is 9.78 Å². The minimum atomic E-state index is 0.399. The molecule has 1 aromatic heterocycles. The molecule has 0 aliphatic rings. The predicted octanol–water partition coefficient (Wildman–Crippen LogP) is 2.37. The molecule has 1 rings (SSSR count). The van der Waals surface area contributed by atoms with Gasteiger partial charge < -0.3 is 5.11 Å². The molecule has 0 aliphatic heterocycles. The summed E-state index contributed by atoms with van der Waals surface area (Å²) in [6.07, 6.45) is 1.63. The van der Waals surface area contributed by atoms with Gasteiger partial charge in [0, 0.05) is 6.54 Å². The van der Waals surface area contributed by atoms with Gasteiger partial charge in [-0.15, -0.1) is 0 Å². The van der Waals surface area contributed by atoms with E-state index in [9.17, 15) is 5.11 Å². The van der Waals surface area contributed by atoms with Crippen LogP contribution in [0.2, 0.25) is 0 Å². The number of hydrogen-bond donors (Lipinski definition) is 1. The summed E-state index contributed by atoms with van der Waals surface area (Å²) >= 11 is 0. The third-order valence-electron chi connectivity index (χ3n) is 2.31. The Morgan fingerprint density at radius 1 is 1.29 bits per heavy atom. The fourth-order valence-electron chi connectivity index (χ4n) is 1.63. The molecule has 0 fully saturated rings. The summed E-state index contributed by atoms with van der Waals surface area (Å²) in [5.41, 5.74) is 1.79. The van der Waals surface area contributed by atoms with Crippen molar-refractivity contribution in [2.24, 2.45) is 5.92 Å². The van der Waals surface area contributed by atoms with Crippen LogP contribution in [0.15, 0.2) is 0 Å². The highest BCUT2D eigenvalue weighted by molar-refractivity contribution is 5.32. The molecule has 0 aromatic carbocycles. The average Bonchev–Trinajstić information content (AvgIpc) is 2.41. The van der Waals surface area contributed by atoms with Gasteiger partial charge in [0.2, 0.25) is 0 Å². The predicted molar refractivity (Wildman–Crippen MR) is 57.5 cm³/mol. The Labute approximate surface area is 85.8 Å². The van der Waals surface area contributed by atoms with Gasteiger partial charge in [-0.2, -0.15) is 5.10 Å². The molecule has 0 amide bonds. The molecular weight excluding hydrogens is 176 g/mol. The van der Waals surface area contributed by atoms with Crippen molar-refractivity contribution in [3.63, 3.8) is 0 Å². The van der Waals surface area contributed by atoms with Gasteiger partial charge in [0.1, 0.15) is 5.69 Å². The molecule has 0 aliphatic carbocycles. The maximum atomic E-state index is 9.84. The van der Waals surface area contributed by atoms with Gasteiger partial charge in [-0.25, -0.2) is 0 Å². The number of rotatable bonds is 4. The van der Waals surface area contributed by atoms with Crippen LogP contribution in [0.1, 0.15) is 39.1 Å². The summed E-state index contributed by atoms with van der Waals surface area (Å²) in [5.74, 6) is 0.958. The van der Waals surface area contributed by atoms with E-state index in [0.717, 1.165) is 30.8 Å². The zero-order valence-corrected chi connectivity index (χ0v) is 9.54. The summed E-state index contributed by atoms with van der Waals surface area (Å²) in [7, 11) is 0. The van der Waals surface area contributed by atoms with E-state index in [1.54, 1.807) is 0 Å². The van der Waals surface area contributed by atoms with Crippen molar-refractivity contribution in [2.45, 2.75) is 47.1 Å². The molecule has 1 N–H and O–H groups in total. The minimum Gasteiger partial charge on any atom is -0.504 e. The maximum Gasteiger partial charge on any atom is 0.160 e. The molecule has 1 aromatic rings. The van der Waals surface area contributed by atoms with Gasteiger partial charge in [-0.3, -0.25) is 4.68 Å². The van der Waals surface area contributed by atoms with Crippen LogP contribution in [0.25, 0.3) is 0 Å². The zero-order chi connectivity index (χ0) is 10.7. The molecule has 0 saturated heterocycles. The fraction of sp³-hybridized carbons (Fsp3) is 0.727. The second-order valence-electron chi connectivity index (χ2n) is 4.03. The third kappa shape index (κ3) is 2.08. The summed E-state index contributed by atoms with van der Waals surface area (Å²) in [6.45, 7) is 9.26. The lowest BCUT2D eigenvalue weighted by atomic mass is 10.2. The first-order valence-electron chi connectivity index (χ1n) is 5.37. The van der Waals surface area contributed by atoms with Crippen molar-refractivity contribution in [3.8, 4) is 5.75 Å². The van der Waals surface area contributed by atoms with E-state index in [2.05, 4.69) is 18.9 Å². The Morgan fingerprint density at radius 2 is 1.93 bits per heavy atom. The van der Waals surface area contributed by atoms with Crippen molar-refractivity contribution < 1.29 is 5.11 Å². The van der Waals surface area contributed by atoms with Gasteiger partial charge in [0.25, 0.3) is 0 Å². The van der Waals surface area contributed by atoms with Crippen LogP contribution >= 0.6 is 0 Å². The topological polar surface area (TPSA) is 38.0 Å². The Kier molecular flexibility index (Phi) is 3.55. The van der Waals surface area contributed by atoms with Crippen LogP contribution in [0, 0.1) is 5.92 Å². The van der Waals surface area contributed by atoms with Crippen LogP contribution in [-0.4, -0.2) is 14.9 Å². The molecule has 3 heteroatoms. The Bertz CT molecular complexity index is 302. The minimum absolute atomic E-state index is 0.399. The molecule has 0 atom stereocenters. The third-order valence-corrected chi connectivity index (χ3v) is 2.31. The van der Waals surface area contributed by atoms with Gasteiger partial charge >= 0.3 is 0 Å². The second kappa shape index (κ2) is 4.49. The summed E-state index contributed by atoms with van der Waals surface area (Å²) in [5, 5.41) is 14.2. The van der Waals surface area contributed by atoms with Crippen LogP contribution in [0.4, 0.5) is 0 Å². The standard InChI is InChI=1S/C11H20N2O/c1-5-9-11(14)10(6-2)13(12-9)7-8(3)4/h8,14H,5-7H2,1-4H3. The van der Waals surface area contributed by atoms with Gasteiger partial charge in [0.15, 0.2) is 5.75 Å². The number of hydrogen-bond acceptors (Lipinski definition) is 2. The first-order valence-corrected chi connectivity index (χ1v) is 5.37. The molecular formula is C11H20N2O. The number of aryl methyl sites for hydroxylation is 1. The van der Waals surface area contributed by atoms with E-state index < -0.39 is 0 Å². The van der Waals surface area contributed by atoms with E-state index in [4.69, 9.17) is 0 Å². The molecule has 0 saturated carbocycles. The van der Waals surface area contributed by atoms with Crippen molar-refractivity contribution >= 4 is 0 Å². The van der Waals surface area contributed by atoms with E-state index in [-0.39, 0.29) is 0 Å². The van der Waals surface area contributed by atoms with Crippen LogP contribution in [0.3, 0.4) is 0 Å². The molecule has 0 spiro atoms. The molecule has 80 valence electrons. The largest absolute Gasteiger partial charge is 0.504 e. The second-order valence-corrected chi connectivity index (χ2v) is 4.03. The Morgan fingerprint density at radius 3 is 2.36 bits per heavy atom. The average molecular weight is 196 g/mol. The molecule has 0 unspecified atom stereocenters. The molecule has 3 nitrogen and oxygen atoms in total. The van der Waals surface area contributed by atoms with Gasteiger partial charge in [-0.05, 0) is 18.8 Å². The first-order chi connectivity index (χ1) is 6.60. The lowest BCUT2D eigenvalue weighted by Gasteiger charge is -2.07. The van der Waals surface area contributed by atoms with Crippen molar-refractivity contribution in [3.05, 3.63) is 11.4 Å². The SMILES string of the molecule is CCc1nn(CC(C)C)c(CC)c1O. The highest BCUT2D eigenvalue weighted by Gasteiger charge is 2.14. The highest BCUT2D eigenvalue weighted by atomic mass is 16.3. The van der Waals surface area contributed by atoms with Gasteiger partial charge in [-0.1, -0.05) is 27.7 Å². The normalized spacial score (nSPS) is 11.2. The quantitative estimate of drug-likeness (QED) is 0.802. The fourth-order valence-corrected chi connectivity index (χ4v) is 1.63.